The monoisotopic (exact) mass is 233 g/mol. The number of nitrogens with zero attached hydrogens (tertiary/aromatic N) is 2. The van der Waals surface area contributed by atoms with Crippen LogP contribution in [0.15, 0.2) is 30.6 Å². The molecular formula is C12H15N3O2. The first-order valence-electron chi connectivity index (χ1n) is 5.37. The summed E-state index contributed by atoms with van der Waals surface area (Å²) in [5, 5.41) is 0. The molecule has 5 nitrogen and oxygen atoms in total. The second-order valence-corrected chi connectivity index (χ2v) is 3.50. The summed E-state index contributed by atoms with van der Waals surface area (Å²) >= 11 is 0. The van der Waals surface area contributed by atoms with E-state index in [1.165, 1.54) is 0 Å². The lowest BCUT2D eigenvalue weighted by atomic mass is 10.3. The number of aromatic nitrogens is 2. The van der Waals surface area contributed by atoms with Crippen LogP contribution in [0.3, 0.4) is 0 Å². The summed E-state index contributed by atoms with van der Waals surface area (Å²) in [6.45, 7) is 2.82. The van der Waals surface area contributed by atoms with Crippen molar-refractivity contribution >= 4 is 5.69 Å². The highest BCUT2D eigenvalue weighted by Gasteiger charge is 2.07. The summed E-state index contributed by atoms with van der Waals surface area (Å²) in [5.74, 6) is 1.28. The lowest BCUT2D eigenvalue weighted by Crippen LogP contribution is -1.99. The van der Waals surface area contributed by atoms with Crippen LogP contribution in [0.2, 0.25) is 0 Å². The van der Waals surface area contributed by atoms with E-state index < -0.39 is 0 Å². The minimum Gasteiger partial charge on any atom is -0.497 e. The molecule has 0 aliphatic rings. The summed E-state index contributed by atoms with van der Waals surface area (Å²) in [7, 11) is 1.60. The molecule has 0 amide bonds. The summed E-state index contributed by atoms with van der Waals surface area (Å²) < 4.78 is 12.6. The SMILES string of the molecule is CCn1ccnc1Oc1ccc(OC)cc1N. The quantitative estimate of drug-likeness (QED) is 0.823. The van der Waals surface area contributed by atoms with E-state index in [1.54, 1.807) is 31.5 Å². The van der Waals surface area contributed by atoms with Crippen LogP contribution in [-0.2, 0) is 6.54 Å². The van der Waals surface area contributed by atoms with Gasteiger partial charge in [0.05, 0.1) is 12.8 Å². The molecule has 0 fully saturated rings. The van der Waals surface area contributed by atoms with E-state index in [-0.39, 0.29) is 0 Å². The maximum Gasteiger partial charge on any atom is 0.301 e. The number of ether oxygens (including phenoxy) is 2. The molecule has 90 valence electrons. The largest absolute Gasteiger partial charge is 0.497 e. The zero-order valence-electron chi connectivity index (χ0n) is 9.88. The molecule has 5 heteroatoms. The van der Waals surface area contributed by atoms with Crippen molar-refractivity contribution in [2.24, 2.45) is 0 Å². The standard InChI is InChI=1S/C12H15N3O2/c1-3-15-7-6-14-12(15)17-11-5-4-9(16-2)8-10(11)13/h4-8H,3,13H2,1-2H3. The third-order valence-corrected chi connectivity index (χ3v) is 2.44. The van der Waals surface area contributed by atoms with Gasteiger partial charge in [-0.1, -0.05) is 0 Å². The zero-order valence-corrected chi connectivity index (χ0v) is 9.88. The van der Waals surface area contributed by atoms with Gasteiger partial charge < -0.3 is 19.8 Å². The van der Waals surface area contributed by atoms with Gasteiger partial charge in [0.1, 0.15) is 5.75 Å². The maximum absolute atomic E-state index is 5.86. The predicted octanol–water partition coefficient (Wildman–Crippen LogP) is 2.29. The Morgan fingerprint density at radius 2 is 2.24 bits per heavy atom. The van der Waals surface area contributed by atoms with Gasteiger partial charge in [0.15, 0.2) is 5.75 Å². The molecule has 2 N–H and O–H groups in total. The number of nitrogen functional groups attached to an aromatic ring is 1. The number of aryl methyl sites for hydroxylation is 1. The Balaban J connectivity index is 2.24. The Hall–Kier alpha value is -2.17. The fourth-order valence-electron chi connectivity index (χ4n) is 1.49. The number of hydrogen-bond acceptors (Lipinski definition) is 4. The summed E-state index contributed by atoms with van der Waals surface area (Å²) in [6.07, 6.45) is 3.55. The van der Waals surface area contributed by atoms with Crippen LogP contribution < -0.4 is 15.2 Å². The van der Waals surface area contributed by atoms with Crippen LogP contribution in [0.25, 0.3) is 0 Å². The van der Waals surface area contributed by atoms with Gasteiger partial charge in [0, 0.05) is 25.0 Å². The Kier molecular flexibility index (Phi) is 3.18. The lowest BCUT2D eigenvalue weighted by molar-refractivity contribution is 0.406. The van der Waals surface area contributed by atoms with Gasteiger partial charge in [0.2, 0.25) is 0 Å². The molecule has 0 bridgehead atoms. The van der Waals surface area contributed by atoms with Gasteiger partial charge in [-0.05, 0) is 19.1 Å². The minimum atomic E-state index is 0.523. The first-order valence-corrected chi connectivity index (χ1v) is 5.37. The Bertz CT molecular complexity index is 508. The topological polar surface area (TPSA) is 62.3 Å². The van der Waals surface area contributed by atoms with Crippen LogP contribution in [0.5, 0.6) is 17.5 Å². The fourth-order valence-corrected chi connectivity index (χ4v) is 1.49. The number of imidazole rings is 1. The average Bonchev–Trinajstić information content (AvgIpc) is 2.79. The highest BCUT2D eigenvalue weighted by Crippen LogP contribution is 2.29. The van der Waals surface area contributed by atoms with E-state index in [0.29, 0.717) is 23.2 Å². The Labute approximate surface area is 99.8 Å². The number of hydrogen-bond donors (Lipinski definition) is 1. The number of nitrogens with two attached hydrogens (primary N) is 1. The molecule has 1 heterocycles. The van der Waals surface area contributed by atoms with Crippen LogP contribution >= 0.6 is 0 Å². The molecule has 0 aliphatic carbocycles. The zero-order chi connectivity index (χ0) is 12.3. The van der Waals surface area contributed by atoms with Crippen molar-refractivity contribution in [2.45, 2.75) is 13.5 Å². The third-order valence-electron chi connectivity index (χ3n) is 2.44. The summed E-state index contributed by atoms with van der Waals surface area (Å²) in [4.78, 5) is 4.12. The molecule has 0 atom stereocenters. The molecule has 0 saturated carbocycles. The second-order valence-electron chi connectivity index (χ2n) is 3.50. The van der Waals surface area contributed by atoms with Crippen molar-refractivity contribution in [3.05, 3.63) is 30.6 Å². The van der Waals surface area contributed by atoms with Crippen LogP contribution in [0.4, 0.5) is 5.69 Å². The molecule has 0 spiro atoms. The summed E-state index contributed by atoms with van der Waals surface area (Å²) in [6, 6.07) is 5.81. The fraction of sp³-hybridized carbons (Fsp3) is 0.250. The van der Waals surface area contributed by atoms with Crippen molar-refractivity contribution < 1.29 is 9.47 Å². The third kappa shape index (κ3) is 2.33. The molecule has 1 aromatic heterocycles. The van der Waals surface area contributed by atoms with E-state index in [1.807, 2.05) is 17.7 Å². The Morgan fingerprint density at radius 3 is 2.88 bits per heavy atom. The molecule has 0 saturated heterocycles. The molecular weight excluding hydrogens is 218 g/mol. The molecule has 1 aromatic carbocycles. The summed E-state index contributed by atoms with van der Waals surface area (Å²) in [5.41, 5.74) is 6.39. The van der Waals surface area contributed by atoms with Gasteiger partial charge in [-0.25, -0.2) is 4.98 Å². The van der Waals surface area contributed by atoms with Crippen molar-refractivity contribution in [3.8, 4) is 17.5 Å². The van der Waals surface area contributed by atoms with E-state index in [9.17, 15) is 0 Å². The van der Waals surface area contributed by atoms with E-state index in [0.717, 1.165) is 6.54 Å². The predicted molar refractivity (Wildman–Crippen MR) is 65.4 cm³/mol. The van der Waals surface area contributed by atoms with Crippen LogP contribution in [0, 0.1) is 0 Å². The number of methoxy groups -OCH3 is 1. The number of benzene rings is 1. The van der Waals surface area contributed by atoms with Gasteiger partial charge in [-0.3, -0.25) is 0 Å². The van der Waals surface area contributed by atoms with Gasteiger partial charge in [0.25, 0.3) is 0 Å². The van der Waals surface area contributed by atoms with Gasteiger partial charge >= 0.3 is 6.01 Å². The number of anilines is 1. The van der Waals surface area contributed by atoms with Crippen molar-refractivity contribution in [1.82, 2.24) is 9.55 Å². The highest BCUT2D eigenvalue weighted by molar-refractivity contribution is 5.56. The average molecular weight is 233 g/mol. The molecule has 0 radical (unpaired) electrons. The first kappa shape index (κ1) is 11.3. The molecule has 2 rings (SSSR count). The van der Waals surface area contributed by atoms with Crippen molar-refractivity contribution in [2.75, 3.05) is 12.8 Å². The van der Waals surface area contributed by atoms with E-state index in [2.05, 4.69) is 4.98 Å². The minimum absolute atomic E-state index is 0.523. The van der Waals surface area contributed by atoms with Crippen LogP contribution in [-0.4, -0.2) is 16.7 Å². The molecule has 2 aromatic rings. The molecule has 0 unspecified atom stereocenters. The smallest absolute Gasteiger partial charge is 0.301 e. The van der Waals surface area contributed by atoms with Crippen LogP contribution in [0.1, 0.15) is 6.92 Å². The second kappa shape index (κ2) is 4.78. The maximum atomic E-state index is 5.86. The molecule has 17 heavy (non-hydrogen) atoms. The van der Waals surface area contributed by atoms with Gasteiger partial charge in [-0.2, -0.15) is 0 Å². The number of rotatable bonds is 4. The molecule has 0 aliphatic heterocycles. The van der Waals surface area contributed by atoms with Crippen molar-refractivity contribution in [1.29, 1.82) is 0 Å². The van der Waals surface area contributed by atoms with Crippen molar-refractivity contribution in [3.63, 3.8) is 0 Å². The van der Waals surface area contributed by atoms with Gasteiger partial charge in [-0.15, -0.1) is 0 Å². The lowest BCUT2D eigenvalue weighted by Gasteiger charge is -2.09. The first-order chi connectivity index (χ1) is 8.24. The Morgan fingerprint density at radius 1 is 1.41 bits per heavy atom. The van der Waals surface area contributed by atoms with E-state index in [4.69, 9.17) is 15.2 Å². The normalized spacial score (nSPS) is 10.2. The highest BCUT2D eigenvalue weighted by atomic mass is 16.5. The van der Waals surface area contributed by atoms with E-state index >= 15 is 0 Å².